The van der Waals surface area contributed by atoms with Crippen molar-refractivity contribution in [3.05, 3.63) is 35.9 Å². The normalized spacial score (nSPS) is 31.3. The van der Waals surface area contributed by atoms with Gasteiger partial charge in [-0.2, -0.15) is 0 Å². The zero-order valence-corrected chi connectivity index (χ0v) is 20.3. The highest BCUT2D eigenvalue weighted by molar-refractivity contribution is 5.99. The van der Waals surface area contributed by atoms with Crippen LogP contribution in [0.5, 0.6) is 0 Å². The number of carbonyl (C=O) groups excluding carboxylic acids is 3. The van der Waals surface area contributed by atoms with E-state index in [4.69, 9.17) is 4.74 Å². The van der Waals surface area contributed by atoms with Crippen LogP contribution in [0.1, 0.15) is 58.4 Å². The fraction of sp³-hybridized carbons (Fsp3) is 0.654. The van der Waals surface area contributed by atoms with Crippen LogP contribution in [0, 0.1) is 11.8 Å². The molecule has 0 radical (unpaired) electrons. The average molecular weight is 472 g/mol. The van der Waals surface area contributed by atoms with Crippen LogP contribution in [0.25, 0.3) is 0 Å². The minimum atomic E-state index is -1.03. The molecule has 4 rings (SSSR count). The van der Waals surface area contributed by atoms with Crippen LogP contribution in [0.15, 0.2) is 30.3 Å². The Morgan fingerprint density at radius 2 is 1.97 bits per heavy atom. The standard InChI is InChI=1S/C26H37N3O5/c1-4-9-16(3)28-24(32)22-26-13-12-19(34-26)20(21(26)25(33)29(22)18(5-2)15-30)23(31)27-14-17-10-7-6-8-11-17/h6-8,10-11,16,18-22,30H,4-5,9,12-15H2,1-3H3,(H,27,31)(H,28,32)/t16?,18-,19+,20-,21-,22?,26?/m0/s1. The maximum Gasteiger partial charge on any atom is 0.246 e. The highest BCUT2D eigenvalue weighted by atomic mass is 16.5. The maximum atomic E-state index is 13.8. The highest BCUT2D eigenvalue weighted by Crippen LogP contribution is 2.58. The molecule has 34 heavy (non-hydrogen) atoms. The topological polar surface area (TPSA) is 108 Å². The van der Waals surface area contributed by atoms with Gasteiger partial charge in [0.05, 0.1) is 30.6 Å². The van der Waals surface area contributed by atoms with E-state index in [1.807, 2.05) is 44.2 Å². The van der Waals surface area contributed by atoms with Crippen LogP contribution in [-0.2, 0) is 25.7 Å². The first-order valence-corrected chi connectivity index (χ1v) is 12.6. The summed E-state index contributed by atoms with van der Waals surface area (Å²) in [5, 5.41) is 16.1. The molecule has 3 saturated heterocycles. The summed E-state index contributed by atoms with van der Waals surface area (Å²) >= 11 is 0. The van der Waals surface area contributed by atoms with Gasteiger partial charge in [0.2, 0.25) is 17.7 Å². The summed E-state index contributed by atoms with van der Waals surface area (Å²) in [4.78, 5) is 42.3. The predicted molar refractivity (Wildman–Crippen MR) is 126 cm³/mol. The monoisotopic (exact) mass is 471 g/mol. The van der Waals surface area contributed by atoms with E-state index in [1.54, 1.807) is 0 Å². The van der Waals surface area contributed by atoms with Gasteiger partial charge in [-0.15, -0.1) is 0 Å². The van der Waals surface area contributed by atoms with E-state index in [9.17, 15) is 19.5 Å². The molecule has 3 amide bonds. The molecule has 3 aliphatic heterocycles. The van der Waals surface area contributed by atoms with Crippen molar-refractivity contribution in [1.82, 2.24) is 15.5 Å². The molecular formula is C26H37N3O5. The molecule has 3 aliphatic rings. The fourth-order valence-electron chi connectivity index (χ4n) is 6.23. The van der Waals surface area contributed by atoms with Gasteiger partial charge in [0.25, 0.3) is 0 Å². The molecule has 3 fully saturated rings. The molecule has 1 aromatic carbocycles. The lowest BCUT2D eigenvalue weighted by Gasteiger charge is -2.37. The second-order valence-electron chi connectivity index (χ2n) is 9.95. The molecule has 7 atom stereocenters. The van der Waals surface area contributed by atoms with Gasteiger partial charge in [0.1, 0.15) is 11.6 Å². The number of ether oxygens (including phenoxy) is 1. The molecule has 1 aromatic rings. The van der Waals surface area contributed by atoms with Gasteiger partial charge < -0.3 is 25.4 Å². The smallest absolute Gasteiger partial charge is 0.246 e. The molecule has 2 bridgehead atoms. The molecule has 3 unspecified atom stereocenters. The third kappa shape index (κ3) is 4.11. The summed E-state index contributed by atoms with van der Waals surface area (Å²) in [6.07, 6.45) is 3.06. The van der Waals surface area contributed by atoms with Crippen LogP contribution in [0.4, 0.5) is 0 Å². The summed E-state index contributed by atoms with van der Waals surface area (Å²) in [6.45, 7) is 6.02. The Bertz CT molecular complexity index is 905. The van der Waals surface area contributed by atoms with E-state index in [1.165, 1.54) is 4.90 Å². The number of fused-ring (bicyclic) bond motifs is 1. The number of benzene rings is 1. The Morgan fingerprint density at radius 1 is 1.24 bits per heavy atom. The zero-order valence-electron chi connectivity index (χ0n) is 20.3. The van der Waals surface area contributed by atoms with Gasteiger partial charge in [-0.1, -0.05) is 50.6 Å². The number of aliphatic hydroxyl groups excluding tert-OH is 1. The lowest BCUT2D eigenvalue weighted by Crippen LogP contribution is -2.59. The second-order valence-corrected chi connectivity index (χ2v) is 9.95. The van der Waals surface area contributed by atoms with Crippen LogP contribution in [0.2, 0.25) is 0 Å². The molecule has 8 nitrogen and oxygen atoms in total. The number of hydrogen-bond donors (Lipinski definition) is 3. The Balaban J connectivity index is 1.62. The molecular weight excluding hydrogens is 434 g/mol. The van der Waals surface area contributed by atoms with E-state index in [0.717, 1.165) is 18.4 Å². The number of carbonyl (C=O) groups is 3. The van der Waals surface area contributed by atoms with Gasteiger partial charge in [-0.05, 0) is 38.2 Å². The number of aliphatic hydroxyl groups is 1. The first kappa shape index (κ1) is 24.7. The minimum Gasteiger partial charge on any atom is -0.394 e. The molecule has 0 aliphatic carbocycles. The number of rotatable bonds is 10. The Morgan fingerprint density at radius 3 is 2.62 bits per heavy atom. The van der Waals surface area contributed by atoms with Gasteiger partial charge in [0, 0.05) is 12.6 Å². The molecule has 3 N–H and O–H groups in total. The van der Waals surface area contributed by atoms with Gasteiger partial charge in [0.15, 0.2) is 0 Å². The van der Waals surface area contributed by atoms with Crippen molar-refractivity contribution in [3.8, 4) is 0 Å². The van der Waals surface area contributed by atoms with Crippen molar-refractivity contribution < 1.29 is 24.2 Å². The van der Waals surface area contributed by atoms with E-state index >= 15 is 0 Å². The molecule has 0 aromatic heterocycles. The van der Waals surface area contributed by atoms with Crippen molar-refractivity contribution in [2.45, 2.75) is 89.3 Å². The van der Waals surface area contributed by atoms with Crippen molar-refractivity contribution in [2.24, 2.45) is 11.8 Å². The van der Waals surface area contributed by atoms with E-state index in [-0.39, 0.29) is 36.5 Å². The Hall–Kier alpha value is -2.45. The lowest BCUT2D eigenvalue weighted by atomic mass is 9.70. The molecule has 8 heteroatoms. The second kappa shape index (κ2) is 10.0. The van der Waals surface area contributed by atoms with Crippen molar-refractivity contribution in [2.75, 3.05) is 6.61 Å². The Labute approximate surface area is 201 Å². The summed E-state index contributed by atoms with van der Waals surface area (Å²) in [6, 6.07) is 8.23. The van der Waals surface area contributed by atoms with Crippen LogP contribution in [0.3, 0.4) is 0 Å². The van der Waals surface area contributed by atoms with Crippen molar-refractivity contribution in [3.63, 3.8) is 0 Å². The molecule has 186 valence electrons. The van der Waals surface area contributed by atoms with Crippen LogP contribution in [-0.4, -0.2) is 64.2 Å². The van der Waals surface area contributed by atoms with E-state index in [2.05, 4.69) is 17.6 Å². The largest absolute Gasteiger partial charge is 0.394 e. The fourth-order valence-corrected chi connectivity index (χ4v) is 6.23. The third-order valence-electron chi connectivity index (χ3n) is 7.78. The van der Waals surface area contributed by atoms with Crippen molar-refractivity contribution >= 4 is 17.7 Å². The van der Waals surface area contributed by atoms with Crippen LogP contribution < -0.4 is 10.6 Å². The zero-order chi connectivity index (χ0) is 24.5. The number of amides is 3. The average Bonchev–Trinajstić information content (AvgIpc) is 3.47. The Kier molecular flexibility index (Phi) is 7.28. The number of hydrogen-bond acceptors (Lipinski definition) is 5. The summed E-state index contributed by atoms with van der Waals surface area (Å²) in [7, 11) is 0. The molecule has 0 saturated carbocycles. The quantitative estimate of drug-likeness (QED) is 0.482. The lowest BCUT2D eigenvalue weighted by molar-refractivity contribution is -0.146. The van der Waals surface area contributed by atoms with Gasteiger partial charge in [-0.3, -0.25) is 14.4 Å². The summed E-state index contributed by atoms with van der Waals surface area (Å²) in [5.41, 5.74) is -0.0581. The number of nitrogens with one attached hydrogen (secondary N) is 2. The maximum absolute atomic E-state index is 13.8. The van der Waals surface area contributed by atoms with Crippen molar-refractivity contribution in [1.29, 1.82) is 0 Å². The predicted octanol–water partition coefficient (Wildman–Crippen LogP) is 1.75. The minimum absolute atomic E-state index is 0.0392. The van der Waals surface area contributed by atoms with E-state index in [0.29, 0.717) is 25.8 Å². The molecule has 3 heterocycles. The molecule has 1 spiro atoms. The number of likely N-dealkylation sites (tertiary alicyclic amines) is 1. The highest BCUT2D eigenvalue weighted by Gasteiger charge is 2.75. The van der Waals surface area contributed by atoms with Gasteiger partial charge in [-0.25, -0.2) is 0 Å². The summed E-state index contributed by atoms with van der Waals surface area (Å²) < 4.78 is 6.42. The van der Waals surface area contributed by atoms with E-state index < -0.39 is 29.5 Å². The first-order valence-electron chi connectivity index (χ1n) is 12.6. The van der Waals surface area contributed by atoms with Crippen LogP contribution >= 0.6 is 0 Å². The SMILES string of the molecule is CCCC(C)NC(=O)C1N([C@@H](CC)CO)C(=O)[C@@H]2[C@@H](C(=O)NCc3ccccc3)[C@H]3CCC12O3. The van der Waals surface area contributed by atoms with Gasteiger partial charge >= 0.3 is 0 Å². The third-order valence-corrected chi connectivity index (χ3v) is 7.78. The number of nitrogens with zero attached hydrogens (tertiary/aromatic N) is 1. The summed E-state index contributed by atoms with van der Waals surface area (Å²) in [5.74, 6) is -2.10. The first-order chi connectivity index (χ1) is 16.4.